The summed E-state index contributed by atoms with van der Waals surface area (Å²) in [4.78, 5) is 26.1. The summed E-state index contributed by atoms with van der Waals surface area (Å²) in [5, 5.41) is 15.0. The van der Waals surface area contributed by atoms with Crippen molar-refractivity contribution in [1.82, 2.24) is 10.2 Å². The average Bonchev–Trinajstić information content (AvgIpc) is 3.14. The average molecular weight is 412 g/mol. The van der Waals surface area contributed by atoms with Crippen molar-refractivity contribution >= 4 is 57.1 Å². The molecule has 0 spiro atoms. The van der Waals surface area contributed by atoms with Gasteiger partial charge < -0.3 is 15.5 Å². The molecule has 1 aromatic heterocycles. The standard InChI is InChI=1S/C19H17N5O2S2/c1-12-6-2-3-7-13(12)21-18-22-23-19(28-18)27-11-17(26)24-10-16(25)20-14-8-4-5-9-15(14)24/h2-9H,10-11H2,1H3,(H,20,25)(H,21,22). The molecular formula is C19H17N5O2S2. The van der Waals surface area contributed by atoms with Crippen LogP contribution in [0.15, 0.2) is 52.9 Å². The van der Waals surface area contributed by atoms with Gasteiger partial charge in [-0.15, -0.1) is 10.2 Å². The predicted octanol–water partition coefficient (Wildman–Crippen LogP) is 3.67. The van der Waals surface area contributed by atoms with Gasteiger partial charge in [0.15, 0.2) is 4.34 Å². The monoisotopic (exact) mass is 411 g/mol. The first-order valence-corrected chi connectivity index (χ1v) is 10.4. The maximum atomic E-state index is 12.7. The minimum absolute atomic E-state index is 0.0205. The smallest absolute Gasteiger partial charge is 0.244 e. The van der Waals surface area contributed by atoms with Gasteiger partial charge in [-0.2, -0.15) is 0 Å². The molecule has 2 N–H and O–H groups in total. The number of thioether (sulfide) groups is 1. The summed E-state index contributed by atoms with van der Waals surface area (Å²) in [5.41, 5.74) is 3.45. The van der Waals surface area contributed by atoms with Gasteiger partial charge >= 0.3 is 0 Å². The zero-order valence-corrected chi connectivity index (χ0v) is 16.6. The summed E-state index contributed by atoms with van der Waals surface area (Å²) >= 11 is 2.71. The van der Waals surface area contributed by atoms with Gasteiger partial charge in [0.1, 0.15) is 6.54 Å². The lowest BCUT2D eigenvalue weighted by molar-refractivity contribution is -0.120. The number of benzene rings is 2. The van der Waals surface area contributed by atoms with E-state index in [0.717, 1.165) is 11.3 Å². The Labute approximate surface area is 170 Å². The molecule has 2 amide bonds. The van der Waals surface area contributed by atoms with Crippen LogP contribution in [-0.4, -0.2) is 34.3 Å². The molecule has 0 radical (unpaired) electrons. The van der Waals surface area contributed by atoms with E-state index in [9.17, 15) is 9.59 Å². The van der Waals surface area contributed by atoms with Gasteiger partial charge in [-0.1, -0.05) is 53.4 Å². The van der Waals surface area contributed by atoms with Crippen LogP contribution < -0.4 is 15.5 Å². The molecule has 142 valence electrons. The second kappa shape index (κ2) is 7.99. The summed E-state index contributed by atoms with van der Waals surface area (Å²) in [7, 11) is 0. The predicted molar refractivity (Wildman–Crippen MR) is 113 cm³/mol. The van der Waals surface area contributed by atoms with Gasteiger partial charge in [0.25, 0.3) is 0 Å². The van der Waals surface area contributed by atoms with Crippen molar-refractivity contribution in [2.75, 3.05) is 27.8 Å². The van der Waals surface area contributed by atoms with Gasteiger partial charge in [-0.3, -0.25) is 9.59 Å². The summed E-state index contributed by atoms with van der Waals surface area (Å²) < 4.78 is 0.694. The summed E-state index contributed by atoms with van der Waals surface area (Å²) in [6.45, 7) is 2.04. The van der Waals surface area contributed by atoms with Crippen LogP contribution in [0.4, 0.5) is 22.2 Å². The maximum absolute atomic E-state index is 12.7. The number of nitrogens with one attached hydrogen (secondary N) is 2. The van der Waals surface area contributed by atoms with Crippen LogP contribution in [0.25, 0.3) is 0 Å². The van der Waals surface area contributed by atoms with E-state index in [-0.39, 0.29) is 24.1 Å². The number of fused-ring (bicyclic) bond motifs is 1. The van der Waals surface area contributed by atoms with E-state index in [0.29, 0.717) is 20.8 Å². The number of aryl methyl sites for hydroxylation is 1. The van der Waals surface area contributed by atoms with Gasteiger partial charge in [-0.25, -0.2) is 0 Å². The molecule has 0 saturated carbocycles. The van der Waals surface area contributed by atoms with Gasteiger partial charge in [-0.05, 0) is 30.7 Å². The Morgan fingerprint density at radius 3 is 2.86 bits per heavy atom. The molecule has 1 aliphatic rings. The number of anilines is 4. The van der Waals surface area contributed by atoms with Crippen LogP contribution in [0, 0.1) is 6.92 Å². The molecule has 2 aromatic carbocycles. The summed E-state index contributed by atoms with van der Waals surface area (Å²) in [6.07, 6.45) is 0. The minimum atomic E-state index is -0.197. The van der Waals surface area contributed by atoms with Gasteiger partial charge in [0, 0.05) is 5.69 Å². The molecule has 0 atom stereocenters. The number of hydrogen-bond acceptors (Lipinski definition) is 7. The zero-order valence-electron chi connectivity index (χ0n) is 15.0. The van der Waals surface area contributed by atoms with Crippen molar-refractivity contribution in [2.45, 2.75) is 11.3 Å². The molecule has 2 heterocycles. The van der Waals surface area contributed by atoms with Crippen molar-refractivity contribution in [2.24, 2.45) is 0 Å². The van der Waals surface area contributed by atoms with E-state index in [1.165, 1.54) is 28.0 Å². The highest BCUT2D eigenvalue weighted by Crippen LogP contribution is 2.32. The molecule has 1 aliphatic heterocycles. The van der Waals surface area contributed by atoms with Crippen LogP contribution in [-0.2, 0) is 9.59 Å². The molecule has 0 bridgehead atoms. The lowest BCUT2D eigenvalue weighted by Crippen LogP contribution is -2.43. The number of carbonyl (C=O) groups is 2. The molecule has 0 saturated heterocycles. The fourth-order valence-corrected chi connectivity index (χ4v) is 4.44. The highest BCUT2D eigenvalue weighted by molar-refractivity contribution is 8.01. The first-order chi connectivity index (χ1) is 13.6. The molecule has 7 nitrogen and oxygen atoms in total. The maximum Gasteiger partial charge on any atom is 0.244 e. The Morgan fingerprint density at radius 1 is 1.21 bits per heavy atom. The number of nitrogens with zero attached hydrogens (tertiary/aromatic N) is 3. The SMILES string of the molecule is Cc1ccccc1Nc1nnc(SCC(=O)N2CC(=O)Nc3ccccc32)s1. The fraction of sp³-hybridized carbons (Fsp3) is 0.158. The summed E-state index contributed by atoms with van der Waals surface area (Å²) in [5.74, 6) is -0.158. The Hall–Kier alpha value is -2.91. The van der Waals surface area contributed by atoms with Crippen LogP contribution in [0.2, 0.25) is 0 Å². The van der Waals surface area contributed by atoms with E-state index in [1.54, 1.807) is 6.07 Å². The molecule has 9 heteroatoms. The number of rotatable bonds is 5. The van der Waals surface area contributed by atoms with E-state index in [2.05, 4.69) is 20.8 Å². The number of hydrogen-bond donors (Lipinski definition) is 2. The second-order valence-corrected chi connectivity index (χ2v) is 8.35. The highest BCUT2D eigenvalue weighted by Gasteiger charge is 2.26. The van der Waals surface area contributed by atoms with E-state index < -0.39 is 0 Å². The fourth-order valence-electron chi connectivity index (χ4n) is 2.80. The number of amides is 2. The topological polar surface area (TPSA) is 87.2 Å². The molecule has 3 aromatic rings. The van der Waals surface area contributed by atoms with Gasteiger partial charge in [0.05, 0.1) is 17.1 Å². The Balaban J connectivity index is 1.40. The molecule has 0 fully saturated rings. The Bertz CT molecular complexity index is 1040. The van der Waals surface area contributed by atoms with E-state index >= 15 is 0 Å². The first-order valence-electron chi connectivity index (χ1n) is 8.58. The lowest BCUT2D eigenvalue weighted by Gasteiger charge is -2.28. The second-order valence-electron chi connectivity index (χ2n) is 6.15. The number of aromatic nitrogens is 2. The molecular weight excluding hydrogens is 394 g/mol. The number of carbonyl (C=O) groups excluding carboxylic acids is 2. The van der Waals surface area contributed by atoms with E-state index in [4.69, 9.17) is 0 Å². The third kappa shape index (κ3) is 4.00. The molecule has 0 unspecified atom stereocenters. The Kier molecular flexibility index (Phi) is 5.27. The van der Waals surface area contributed by atoms with Gasteiger partial charge in [0.2, 0.25) is 16.9 Å². The molecule has 0 aliphatic carbocycles. The van der Waals surface area contributed by atoms with Crippen LogP contribution in [0.5, 0.6) is 0 Å². The van der Waals surface area contributed by atoms with Crippen molar-refractivity contribution in [3.63, 3.8) is 0 Å². The molecule has 28 heavy (non-hydrogen) atoms. The highest BCUT2D eigenvalue weighted by atomic mass is 32.2. The third-order valence-corrected chi connectivity index (χ3v) is 6.14. The van der Waals surface area contributed by atoms with Crippen molar-refractivity contribution < 1.29 is 9.59 Å². The summed E-state index contributed by atoms with van der Waals surface area (Å²) in [6, 6.07) is 15.2. The van der Waals surface area contributed by atoms with Crippen LogP contribution in [0.1, 0.15) is 5.56 Å². The lowest BCUT2D eigenvalue weighted by atomic mass is 10.2. The van der Waals surface area contributed by atoms with Crippen LogP contribution in [0.3, 0.4) is 0 Å². The quantitative estimate of drug-likeness (QED) is 0.623. The largest absolute Gasteiger partial charge is 0.330 e. The zero-order chi connectivity index (χ0) is 19.5. The molecule has 4 rings (SSSR count). The minimum Gasteiger partial charge on any atom is -0.330 e. The van der Waals surface area contributed by atoms with Crippen molar-refractivity contribution in [3.05, 3.63) is 54.1 Å². The number of para-hydroxylation sites is 3. The normalized spacial score (nSPS) is 13.0. The van der Waals surface area contributed by atoms with E-state index in [1.807, 2.05) is 49.4 Å². The van der Waals surface area contributed by atoms with Crippen molar-refractivity contribution in [3.8, 4) is 0 Å². The third-order valence-electron chi connectivity index (χ3n) is 4.18. The van der Waals surface area contributed by atoms with Crippen molar-refractivity contribution in [1.29, 1.82) is 0 Å². The first kappa shape index (κ1) is 18.5. The van der Waals surface area contributed by atoms with Crippen LogP contribution >= 0.6 is 23.1 Å². The Morgan fingerprint density at radius 2 is 2.00 bits per heavy atom.